The molecule has 3 heterocycles. The molecule has 0 unspecified atom stereocenters. The van der Waals surface area contributed by atoms with E-state index in [9.17, 15) is 19.7 Å². The summed E-state index contributed by atoms with van der Waals surface area (Å²) in [4.78, 5) is 40.3. The maximum absolute atomic E-state index is 12.4. The van der Waals surface area contributed by atoms with Gasteiger partial charge in [-0.05, 0) is 19.9 Å². The molecule has 2 aliphatic rings. The second-order valence-corrected chi connectivity index (χ2v) is 5.93. The van der Waals surface area contributed by atoms with Crippen LogP contribution >= 0.6 is 11.8 Å². The molecule has 1 aromatic heterocycles. The Morgan fingerprint density at radius 3 is 2.96 bits per heavy atom. The zero-order chi connectivity index (χ0) is 17.4. The molecule has 0 radical (unpaired) electrons. The second-order valence-electron chi connectivity index (χ2n) is 4.98. The highest BCUT2D eigenvalue weighted by Gasteiger charge is 2.41. The molecule has 1 saturated heterocycles. The van der Waals surface area contributed by atoms with Crippen LogP contribution in [0.15, 0.2) is 32.8 Å². The van der Waals surface area contributed by atoms with Crippen LogP contribution in [-0.4, -0.2) is 39.2 Å². The van der Waals surface area contributed by atoms with E-state index in [2.05, 4.69) is 4.99 Å². The number of fused-ring (bicyclic) bond motifs is 1. The average molecular weight is 351 g/mol. The minimum absolute atomic E-state index is 0.140. The van der Waals surface area contributed by atoms with Gasteiger partial charge in [0.1, 0.15) is 16.7 Å². The van der Waals surface area contributed by atoms with Gasteiger partial charge in [0.15, 0.2) is 5.17 Å². The molecule has 0 aromatic carbocycles. The third kappa shape index (κ3) is 2.58. The predicted molar refractivity (Wildman–Crippen MR) is 84.2 cm³/mol. The fraction of sp³-hybridized carbons (Fsp3) is 0.357. The monoisotopic (exact) mass is 351 g/mol. The third-order valence-electron chi connectivity index (χ3n) is 3.56. The topological polar surface area (TPSA) is 115 Å². The molecule has 126 valence electrons. The first-order chi connectivity index (χ1) is 11.4. The maximum atomic E-state index is 12.4. The fourth-order valence-electron chi connectivity index (χ4n) is 2.54. The first-order valence-electron chi connectivity index (χ1n) is 7.09. The second kappa shape index (κ2) is 6.11. The van der Waals surface area contributed by atoms with Gasteiger partial charge in [0, 0.05) is 5.70 Å². The Morgan fingerprint density at radius 1 is 1.58 bits per heavy atom. The van der Waals surface area contributed by atoms with Crippen molar-refractivity contribution in [3.05, 3.63) is 39.3 Å². The molecule has 0 saturated carbocycles. The largest absolute Gasteiger partial charge is 0.463 e. The van der Waals surface area contributed by atoms with Gasteiger partial charge in [-0.3, -0.25) is 19.8 Å². The predicted octanol–water partition coefficient (Wildman–Crippen LogP) is 2.01. The van der Waals surface area contributed by atoms with E-state index in [1.807, 2.05) is 0 Å². The number of ether oxygens (including phenoxy) is 1. The van der Waals surface area contributed by atoms with Crippen molar-refractivity contribution in [2.75, 3.05) is 12.4 Å². The van der Waals surface area contributed by atoms with E-state index in [-0.39, 0.29) is 29.6 Å². The van der Waals surface area contributed by atoms with Crippen LogP contribution in [0.3, 0.4) is 0 Å². The highest BCUT2D eigenvalue weighted by atomic mass is 32.2. The van der Waals surface area contributed by atoms with E-state index in [0.717, 1.165) is 0 Å². The standard InChI is InChI=1S/C14H13N3O6S/c1-3-22-13(19)11-7(2)16-9(18)6-24-14(16)15-12(11)8-4-5-10(23-8)17(20)21/h4-5,12H,3,6H2,1-2H3/t12-/m0/s1. The zero-order valence-electron chi connectivity index (χ0n) is 12.8. The molecule has 0 N–H and O–H groups in total. The summed E-state index contributed by atoms with van der Waals surface area (Å²) in [5, 5.41) is 11.3. The van der Waals surface area contributed by atoms with E-state index in [1.54, 1.807) is 13.8 Å². The van der Waals surface area contributed by atoms with Gasteiger partial charge >= 0.3 is 11.9 Å². The van der Waals surface area contributed by atoms with Crippen LogP contribution in [0.1, 0.15) is 25.6 Å². The van der Waals surface area contributed by atoms with Crippen LogP contribution in [0.5, 0.6) is 0 Å². The number of rotatable bonds is 4. The smallest absolute Gasteiger partial charge is 0.433 e. The lowest BCUT2D eigenvalue weighted by Crippen LogP contribution is -2.35. The van der Waals surface area contributed by atoms with Crippen LogP contribution in [0.4, 0.5) is 5.88 Å². The molecule has 10 heteroatoms. The van der Waals surface area contributed by atoms with Gasteiger partial charge in [-0.15, -0.1) is 0 Å². The third-order valence-corrected chi connectivity index (χ3v) is 4.50. The van der Waals surface area contributed by atoms with Crippen molar-refractivity contribution in [1.29, 1.82) is 0 Å². The van der Waals surface area contributed by atoms with E-state index < -0.39 is 22.8 Å². The number of amides is 1. The molecular formula is C14H13N3O6S. The maximum Gasteiger partial charge on any atom is 0.433 e. The van der Waals surface area contributed by atoms with E-state index in [0.29, 0.717) is 10.9 Å². The highest BCUT2D eigenvalue weighted by molar-refractivity contribution is 8.15. The van der Waals surface area contributed by atoms with Gasteiger partial charge in [0.2, 0.25) is 5.91 Å². The number of hydrogen-bond donors (Lipinski definition) is 0. The van der Waals surface area contributed by atoms with Crippen molar-refractivity contribution in [3.63, 3.8) is 0 Å². The van der Waals surface area contributed by atoms with Gasteiger partial charge in [0.25, 0.3) is 0 Å². The summed E-state index contributed by atoms with van der Waals surface area (Å²) in [7, 11) is 0. The summed E-state index contributed by atoms with van der Waals surface area (Å²) >= 11 is 1.24. The molecular weight excluding hydrogens is 338 g/mol. The number of amidine groups is 1. The normalized spacial score (nSPS) is 20.1. The van der Waals surface area contributed by atoms with Crippen molar-refractivity contribution in [2.24, 2.45) is 4.99 Å². The summed E-state index contributed by atoms with van der Waals surface area (Å²) in [5.74, 6) is -0.884. The molecule has 1 atom stereocenters. The van der Waals surface area contributed by atoms with Crippen LogP contribution in [0, 0.1) is 10.1 Å². The van der Waals surface area contributed by atoms with E-state index >= 15 is 0 Å². The summed E-state index contributed by atoms with van der Waals surface area (Å²) in [6, 6.07) is 1.71. The van der Waals surface area contributed by atoms with Crippen molar-refractivity contribution in [2.45, 2.75) is 19.9 Å². The average Bonchev–Trinajstić information content (AvgIpc) is 3.14. The number of nitro groups is 1. The summed E-state index contributed by atoms with van der Waals surface area (Å²) in [6.07, 6.45) is 0. The summed E-state index contributed by atoms with van der Waals surface area (Å²) in [5.41, 5.74) is 0.540. The SMILES string of the molecule is CCOC(=O)C1=C(C)N2C(=O)CSC2=N[C@H]1c1ccc([N+](=O)[O-])o1. The Labute approximate surface area is 140 Å². The lowest BCUT2D eigenvalue weighted by atomic mass is 10.0. The Morgan fingerprint density at radius 2 is 2.33 bits per heavy atom. The molecule has 3 rings (SSSR count). The molecule has 1 aromatic rings. The summed E-state index contributed by atoms with van der Waals surface area (Å²) < 4.78 is 10.3. The molecule has 1 amide bonds. The molecule has 0 aliphatic carbocycles. The van der Waals surface area contributed by atoms with E-state index in [4.69, 9.17) is 9.15 Å². The lowest BCUT2D eigenvalue weighted by Gasteiger charge is -2.27. The number of aliphatic imine (C=N–C) groups is 1. The van der Waals surface area contributed by atoms with Crippen molar-refractivity contribution >= 4 is 34.7 Å². The number of thioether (sulfide) groups is 1. The molecule has 24 heavy (non-hydrogen) atoms. The van der Waals surface area contributed by atoms with Crippen molar-refractivity contribution in [1.82, 2.24) is 4.90 Å². The number of carbonyl (C=O) groups excluding carboxylic acids is 2. The van der Waals surface area contributed by atoms with Crippen LogP contribution in [0.25, 0.3) is 0 Å². The fourth-order valence-corrected chi connectivity index (χ4v) is 3.47. The van der Waals surface area contributed by atoms with Crippen LogP contribution in [-0.2, 0) is 14.3 Å². The molecule has 0 bridgehead atoms. The molecule has 1 fully saturated rings. The molecule has 2 aliphatic heterocycles. The van der Waals surface area contributed by atoms with Gasteiger partial charge in [-0.25, -0.2) is 9.79 Å². The number of allylic oxidation sites excluding steroid dienone is 1. The van der Waals surface area contributed by atoms with Crippen LogP contribution < -0.4 is 0 Å². The van der Waals surface area contributed by atoms with E-state index in [1.165, 1.54) is 28.8 Å². The summed E-state index contributed by atoms with van der Waals surface area (Å²) in [6.45, 7) is 3.43. The highest BCUT2D eigenvalue weighted by Crippen LogP contribution is 2.40. The van der Waals surface area contributed by atoms with Gasteiger partial charge in [-0.2, -0.15) is 0 Å². The number of furan rings is 1. The zero-order valence-corrected chi connectivity index (χ0v) is 13.7. The minimum atomic E-state index is -0.887. The van der Waals surface area contributed by atoms with Crippen molar-refractivity contribution < 1.29 is 23.7 Å². The first-order valence-corrected chi connectivity index (χ1v) is 8.08. The molecule has 9 nitrogen and oxygen atoms in total. The minimum Gasteiger partial charge on any atom is -0.463 e. The van der Waals surface area contributed by atoms with Crippen LogP contribution in [0.2, 0.25) is 0 Å². The van der Waals surface area contributed by atoms with Crippen molar-refractivity contribution in [3.8, 4) is 0 Å². The molecule has 0 spiro atoms. The Bertz CT molecular complexity index is 796. The van der Waals surface area contributed by atoms with Gasteiger partial charge in [-0.1, -0.05) is 11.8 Å². The number of carbonyl (C=O) groups is 2. The van der Waals surface area contributed by atoms with Gasteiger partial charge in [0.05, 0.1) is 24.0 Å². The number of hydrogen-bond acceptors (Lipinski definition) is 8. The van der Waals surface area contributed by atoms with Gasteiger partial charge < -0.3 is 9.15 Å². The Hall–Kier alpha value is -2.62. The quantitative estimate of drug-likeness (QED) is 0.463. The Balaban J connectivity index is 2.09. The number of esters is 1. The lowest BCUT2D eigenvalue weighted by molar-refractivity contribution is -0.402. The number of nitrogens with zero attached hydrogens (tertiary/aromatic N) is 3. The first kappa shape index (κ1) is 16.2. The Kier molecular flexibility index (Phi) is 4.14.